The van der Waals surface area contributed by atoms with Crippen LogP contribution in [0.5, 0.6) is 0 Å². The van der Waals surface area contributed by atoms with Crippen LogP contribution >= 0.6 is 0 Å². The maximum atomic E-state index is 12.0. The molecule has 0 saturated heterocycles. The van der Waals surface area contributed by atoms with Crippen LogP contribution in [-0.2, 0) is 14.3 Å². The third-order valence-corrected chi connectivity index (χ3v) is 1.36. The Kier molecular flexibility index (Phi) is 4.99. The fourth-order valence-electron chi connectivity index (χ4n) is 0.747. The molecular weight excluding hydrogens is 167 g/mol. The first kappa shape index (κ1) is 10.9. The van der Waals surface area contributed by atoms with Crippen LogP contribution in [0, 0.1) is 5.92 Å². The molecule has 0 aromatic rings. The van der Waals surface area contributed by atoms with Crippen LogP contribution in [0.3, 0.4) is 0 Å². The molecule has 0 radical (unpaired) electrons. The molecule has 0 aliphatic rings. The summed E-state index contributed by atoms with van der Waals surface area (Å²) in [6.45, 7) is -0.818. The summed E-state index contributed by atoms with van der Waals surface area (Å²) in [5, 5.41) is 8.28. The normalized spacial score (nSPS) is 12.2. The second-order valence-corrected chi connectivity index (χ2v) is 2.40. The van der Waals surface area contributed by atoms with Crippen molar-refractivity contribution in [2.75, 3.05) is 13.8 Å². The molecule has 0 bridgehead atoms. The van der Waals surface area contributed by atoms with Gasteiger partial charge in [0, 0.05) is 5.92 Å². The number of methoxy groups -OCH3 is 1. The number of hydrogen-bond donors (Lipinski definition) is 1. The Morgan fingerprint density at radius 2 is 2.08 bits per heavy atom. The summed E-state index contributed by atoms with van der Waals surface area (Å²) < 4.78 is 16.3. The number of esters is 1. The molecule has 0 saturated carbocycles. The van der Waals surface area contributed by atoms with Crippen molar-refractivity contribution in [3.05, 3.63) is 0 Å². The van der Waals surface area contributed by atoms with E-state index in [4.69, 9.17) is 5.11 Å². The number of halogens is 1. The van der Waals surface area contributed by atoms with E-state index in [0.29, 0.717) is 0 Å². The van der Waals surface area contributed by atoms with E-state index >= 15 is 0 Å². The van der Waals surface area contributed by atoms with E-state index in [0.717, 1.165) is 0 Å². The summed E-state index contributed by atoms with van der Waals surface area (Å²) in [5.41, 5.74) is 0. The van der Waals surface area contributed by atoms with Crippen LogP contribution in [0.1, 0.15) is 12.8 Å². The van der Waals surface area contributed by atoms with Crippen LogP contribution in [-0.4, -0.2) is 30.8 Å². The molecule has 0 aliphatic heterocycles. The number of carboxylic acids is 1. The zero-order valence-electron chi connectivity index (χ0n) is 6.75. The van der Waals surface area contributed by atoms with E-state index in [9.17, 15) is 14.0 Å². The van der Waals surface area contributed by atoms with Gasteiger partial charge in [-0.3, -0.25) is 14.0 Å². The zero-order valence-corrected chi connectivity index (χ0v) is 6.75. The minimum atomic E-state index is -1.11. The maximum absolute atomic E-state index is 12.0. The predicted octanol–water partition coefficient (Wildman–Crippen LogP) is 0.610. The van der Waals surface area contributed by atoms with Gasteiger partial charge in [-0.1, -0.05) is 0 Å². The number of carboxylic acid groups (broad SMARTS) is 1. The lowest BCUT2D eigenvalue weighted by atomic mass is 10.0. The molecule has 1 N–H and O–H groups in total. The van der Waals surface area contributed by atoms with Gasteiger partial charge >= 0.3 is 11.9 Å². The summed E-state index contributed by atoms with van der Waals surface area (Å²) in [6, 6.07) is 0. The Balaban J connectivity index is 3.82. The molecule has 1 atom stereocenters. The van der Waals surface area contributed by atoms with Gasteiger partial charge in [0.05, 0.1) is 26.6 Å². The molecule has 0 fully saturated rings. The lowest BCUT2D eigenvalue weighted by molar-refractivity contribution is -0.143. The van der Waals surface area contributed by atoms with E-state index in [2.05, 4.69) is 4.74 Å². The van der Waals surface area contributed by atoms with Crippen LogP contribution in [0.15, 0.2) is 0 Å². The third-order valence-electron chi connectivity index (χ3n) is 1.36. The molecule has 12 heavy (non-hydrogen) atoms. The van der Waals surface area contributed by atoms with E-state index < -0.39 is 24.5 Å². The highest BCUT2D eigenvalue weighted by atomic mass is 19.1. The first-order valence-electron chi connectivity index (χ1n) is 3.44. The monoisotopic (exact) mass is 178 g/mol. The summed E-state index contributed by atoms with van der Waals surface area (Å²) in [6.07, 6.45) is -0.523. The number of hydrogen-bond acceptors (Lipinski definition) is 3. The van der Waals surface area contributed by atoms with Crippen LogP contribution in [0.2, 0.25) is 0 Å². The Labute approximate surface area is 69.3 Å². The first-order valence-corrected chi connectivity index (χ1v) is 3.44. The van der Waals surface area contributed by atoms with Crippen molar-refractivity contribution in [1.82, 2.24) is 0 Å². The van der Waals surface area contributed by atoms with Gasteiger partial charge in [0.25, 0.3) is 0 Å². The van der Waals surface area contributed by atoms with Gasteiger partial charge in [0.2, 0.25) is 0 Å². The highest BCUT2D eigenvalue weighted by molar-refractivity contribution is 5.72. The molecule has 4 nitrogen and oxygen atoms in total. The molecule has 0 spiro atoms. The van der Waals surface area contributed by atoms with Crippen molar-refractivity contribution in [3.8, 4) is 0 Å². The quantitative estimate of drug-likeness (QED) is 0.626. The van der Waals surface area contributed by atoms with Gasteiger partial charge in [-0.2, -0.15) is 0 Å². The van der Waals surface area contributed by atoms with E-state index in [1.807, 2.05) is 0 Å². The van der Waals surface area contributed by atoms with Crippen LogP contribution in [0.4, 0.5) is 4.39 Å². The van der Waals surface area contributed by atoms with Crippen molar-refractivity contribution in [1.29, 1.82) is 0 Å². The van der Waals surface area contributed by atoms with Crippen molar-refractivity contribution < 1.29 is 23.8 Å². The molecule has 5 heteroatoms. The smallest absolute Gasteiger partial charge is 0.305 e. The molecule has 0 amide bonds. The number of rotatable bonds is 5. The van der Waals surface area contributed by atoms with Gasteiger partial charge < -0.3 is 9.84 Å². The Morgan fingerprint density at radius 3 is 2.42 bits per heavy atom. The summed E-state index contributed by atoms with van der Waals surface area (Å²) in [7, 11) is 1.18. The Morgan fingerprint density at radius 1 is 1.50 bits per heavy atom. The molecule has 1 unspecified atom stereocenters. The molecule has 70 valence electrons. The Bertz CT molecular complexity index is 169. The lowest BCUT2D eigenvalue weighted by Crippen LogP contribution is -2.15. The second-order valence-electron chi connectivity index (χ2n) is 2.40. The van der Waals surface area contributed by atoms with Gasteiger partial charge in [0.1, 0.15) is 0 Å². The zero-order chi connectivity index (χ0) is 9.56. The van der Waals surface area contributed by atoms with E-state index in [1.165, 1.54) is 7.11 Å². The largest absolute Gasteiger partial charge is 0.481 e. The average Bonchev–Trinajstić information content (AvgIpc) is 2.02. The van der Waals surface area contributed by atoms with Crippen molar-refractivity contribution >= 4 is 11.9 Å². The molecule has 0 aliphatic carbocycles. The van der Waals surface area contributed by atoms with Crippen molar-refractivity contribution in [3.63, 3.8) is 0 Å². The predicted molar refractivity (Wildman–Crippen MR) is 38.4 cm³/mol. The first-order chi connectivity index (χ1) is 5.60. The van der Waals surface area contributed by atoms with Gasteiger partial charge in [-0.15, -0.1) is 0 Å². The van der Waals surface area contributed by atoms with Gasteiger partial charge in [0.15, 0.2) is 0 Å². The standard InChI is InChI=1S/C7H11FO4/c1-12-7(11)3-5(4-8)2-6(9)10/h5H,2-4H2,1H3,(H,9,10). The number of carbonyl (C=O) groups is 2. The van der Waals surface area contributed by atoms with Gasteiger partial charge in [-0.25, -0.2) is 0 Å². The molecule has 0 rings (SSSR count). The number of aliphatic carboxylic acids is 1. The highest BCUT2D eigenvalue weighted by Crippen LogP contribution is 2.09. The minimum absolute atomic E-state index is 0.181. The maximum Gasteiger partial charge on any atom is 0.305 e. The number of ether oxygens (including phenoxy) is 1. The second kappa shape index (κ2) is 5.51. The van der Waals surface area contributed by atoms with Crippen LogP contribution in [0.25, 0.3) is 0 Å². The molecule has 0 aromatic heterocycles. The molecule has 0 aromatic carbocycles. The Hall–Kier alpha value is -1.13. The lowest BCUT2D eigenvalue weighted by Gasteiger charge is -2.07. The number of carbonyl (C=O) groups excluding carboxylic acids is 1. The fraction of sp³-hybridized carbons (Fsp3) is 0.714. The summed E-state index contributed by atoms with van der Waals surface area (Å²) >= 11 is 0. The minimum Gasteiger partial charge on any atom is -0.481 e. The summed E-state index contributed by atoms with van der Waals surface area (Å²) in [4.78, 5) is 20.7. The third kappa shape index (κ3) is 4.65. The summed E-state index contributed by atoms with van der Waals surface area (Å²) in [5.74, 6) is -2.46. The number of alkyl halides is 1. The molecule has 0 heterocycles. The van der Waals surface area contributed by atoms with Crippen molar-refractivity contribution in [2.45, 2.75) is 12.8 Å². The van der Waals surface area contributed by atoms with Crippen LogP contribution < -0.4 is 0 Å². The van der Waals surface area contributed by atoms with Gasteiger partial charge in [-0.05, 0) is 0 Å². The highest BCUT2D eigenvalue weighted by Gasteiger charge is 2.17. The average molecular weight is 178 g/mol. The van der Waals surface area contributed by atoms with E-state index in [-0.39, 0.29) is 12.8 Å². The topological polar surface area (TPSA) is 63.6 Å². The fourth-order valence-corrected chi connectivity index (χ4v) is 0.747. The SMILES string of the molecule is COC(=O)CC(CF)CC(=O)O. The van der Waals surface area contributed by atoms with Crippen molar-refractivity contribution in [2.24, 2.45) is 5.92 Å². The van der Waals surface area contributed by atoms with E-state index in [1.54, 1.807) is 0 Å². The molecular formula is C7H11FO4.